The van der Waals surface area contributed by atoms with Crippen LogP contribution in [0.5, 0.6) is 0 Å². The third-order valence-electron chi connectivity index (χ3n) is 3.32. The first-order valence-electron chi connectivity index (χ1n) is 6.18. The van der Waals surface area contributed by atoms with Gasteiger partial charge in [-0.1, -0.05) is 18.2 Å². The van der Waals surface area contributed by atoms with Gasteiger partial charge in [-0.15, -0.1) is 11.3 Å². The average Bonchev–Trinajstić information content (AvgIpc) is 2.77. The van der Waals surface area contributed by atoms with E-state index in [1.165, 1.54) is 26.4 Å². The Morgan fingerprint density at radius 2 is 1.89 bits per heavy atom. The van der Waals surface area contributed by atoms with Gasteiger partial charge in [0.1, 0.15) is 0 Å². The summed E-state index contributed by atoms with van der Waals surface area (Å²) in [6.45, 7) is 6.41. The fourth-order valence-corrected chi connectivity index (χ4v) is 2.99. The Labute approximate surface area is 113 Å². The molecule has 18 heavy (non-hydrogen) atoms. The highest BCUT2D eigenvalue weighted by atomic mass is 32.1. The van der Waals surface area contributed by atoms with Crippen molar-refractivity contribution in [2.45, 2.75) is 33.2 Å². The molecule has 0 saturated heterocycles. The summed E-state index contributed by atoms with van der Waals surface area (Å²) in [5.41, 5.74) is 6.93. The molecule has 3 N–H and O–H groups in total. The minimum Gasteiger partial charge on any atom is -0.271 e. The van der Waals surface area contributed by atoms with Gasteiger partial charge in [0.15, 0.2) is 0 Å². The molecule has 0 aliphatic carbocycles. The Hall–Kier alpha value is -1.16. The second kappa shape index (κ2) is 5.65. The summed E-state index contributed by atoms with van der Waals surface area (Å²) in [6, 6.07) is 11.1. The van der Waals surface area contributed by atoms with Crippen LogP contribution in [-0.2, 0) is 6.42 Å². The van der Waals surface area contributed by atoms with Crippen LogP contribution in [0, 0.1) is 20.8 Å². The molecule has 2 aromatic rings. The lowest BCUT2D eigenvalue weighted by atomic mass is 10.0. The summed E-state index contributed by atoms with van der Waals surface area (Å²) in [7, 11) is 0. The number of rotatable bonds is 4. The van der Waals surface area contributed by atoms with Crippen LogP contribution in [0.3, 0.4) is 0 Å². The molecule has 1 atom stereocenters. The molecule has 1 heterocycles. The van der Waals surface area contributed by atoms with Gasteiger partial charge in [0.25, 0.3) is 0 Å². The first kappa shape index (κ1) is 13.3. The summed E-state index contributed by atoms with van der Waals surface area (Å²) < 4.78 is 0. The lowest BCUT2D eigenvalue weighted by molar-refractivity contribution is 0.560. The van der Waals surface area contributed by atoms with Gasteiger partial charge in [-0.25, -0.2) is 0 Å². The van der Waals surface area contributed by atoms with Crippen molar-refractivity contribution >= 4 is 11.3 Å². The van der Waals surface area contributed by atoms with Crippen LogP contribution >= 0.6 is 11.3 Å². The number of hydrogen-bond acceptors (Lipinski definition) is 3. The van der Waals surface area contributed by atoms with Gasteiger partial charge in [0.05, 0.1) is 6.04 Å². The van der Waals surface area contributed by atoms with Gasteiger partial charge in [0, 0.05) is 9.75 Å². The molecule has 1 aromatic carbocycles. The smallest absolute Gasteiger partial charge is 0.0593 e. The van der Waals surface area contributed by atoms with Crippen molar-refractivity contribution in [2.24, 2.45) is 5.84 Å². The van der Waals surface area contributed by atoms with Crippen molar-refractivity contribution < 1.29 is 0 Å². The SMILES string of the molecule is Cc1ccc(C(Cc2ccc(C)c(C)c2)NN)s1. The van der Waals surface area contributed by atoms with Gasteiger partial charge >= 0.3 is 0 Å². The lowest BCUT2D eigenvalue weighted by Crippen LogP contribution is -2.28. The van der Waals surface area contributed by atoms with Crippen LogP contribution in [0.15, 0.2) is 30.3 Å². The number of thiophene rings is 1. The van der Waals surface area contributed by atoms with E-state index < -0.39 is 0 Å². The molecule has 2 rings (SSSR count). The number of nitrogens with one attached hydrogen (secondary N) is 1. The third kappa shape index (κ3) is 2.99. The quantitative estimate of drug-likeness (QED) is 0.653. The molecule has 2 nitrogen and oxygen atoms in total. The molecule has 0 spiro atoms. The van der Waals surface area contributed by atoms with Gasteiger partial charge in [-0.05, 0) is 56.0 Å². The molecule has 0 bridgehead atoms. The van der Waals surface area contributed by atoms with Crippen molar-refractivity contribution in [1.82, 2.24) is 5.43 Å². The van der Waals surface area contributed by atoms with E-state index in [-0.39, 0.29) is 6.04 Å². The van der Waals surface area contributed by atoms with Crippen LogP contribution in [-0.4, -0.2) is 0 Å². The maximum Gasteiger partial charge on any atom is 0.0593 e. The van der Waals surface area contributed by atoms with Gasteiger partial charge < -0.3 is 0 Å². The van der Waals surface area contributed by atoms with E-state index in [2.05, 4.69) is 56.5 Å². The molecule has 1 unspecified atom stereocenters. The Morgan fingerprint density at radius 3 is 2.44 bits per heavy atom. The molecule has 1 aromatic heterocycles. The summed E-state index contributed by atoms with van der Waals surface area (Å²) in [5.74, 6) is 5.69. The van der Waals surface area contributed by atoms with E-state index in [9.17, 15) is 0 Å². The predicted octanol–water partition coefficient (Wildman–Crippen LogP) is 3.42. The monoisotopic (exact) mass is 260 g/mol. The summed E-state index contributed by atoms with van der Waals surface area (Å²) >= 11 is 1.80. The minimum absolute atomic E-state index is 0.200. The van der Waals surface area contributed by atoms with E-state index in [0.29, 0.717) is 0 Å². The highest BCUT2D eigenvalue weighted by Gasteiger charge is 2.12. The van der Waals surface area contributed by atoms with Crippen molar-refractivity contribution in [3.63, 3.8) is 0 Å². The zero-order valence-corrected chi connectivity index (χ0v) is 12.0. The zero-order chi connectivity index (χ0) is 13.1. The topological polar surface area (TPSA) is 38.0 Å². The predicted molar refractivity (Wildman–Crippen MR) is 78.7 cm³/mol. The molecule has 0 aliphatic heterocycles. The molecule has 0 saturated carbocycles. The largest absolute Gasteiger partial charge is 0.271 e. The highest BCUT2D eigenvalue weighted by molar-refractivity contribution is 7.12. The molecule has 0 fully saturated rings. The molecule has 3 heteroatoms. The fourth-order valence-electron chi connectivity index (χ4n) is 2.05. The second-order valence-corrected chi connectivity index (χ2v) is 6.11. The van der Waals surface area contributed by atoms with Crippen molar-refractivity contribution in [3.05, 3.63) is 56.8 Å². The Kier molecular flexibility index (Phi) is 4.17. The number of nitrogens with two attached hydrogens (primary N) is 1. The van der Waals surface area contributed by atoms with E-state index in [1.54, 1.807) is 11.3 Å². The molecule has 0 aliphatic rings. The van der Waals surface area contributed by atoms with E-state index >= 15 is 0 Å². The Bertz CT molecular complexity index is 531. The third-order valence-corrected chi connectivity index (χ3v) is 4.43. The van der Waals surface area contributed by atoms with Crippen LogP contribution in [0.2, 0.25) is 0 Å². The van der Waals surface area contributed by atoms with Crippen LogP contribution < -0.4 is 11.3 Å². The van der Waals surface area contributed by atoms with E-state index in [4.69, 9.17) is 5.84 Å². The van der Waals surface area contributed by atoms with Crippen LogP contribution in [0.1, 0.15) is 32.5 Å². The molecule has 96 valence electrons. The van der Waals surface area contributed by atoms with Crippen molar-refractivity contribution in [1.29, 1.82) is 0 Å². The number of benzene rings is 1. The molecular weight excluding hydrogens is 240 g/mol. The standard InChI is InChI=1S/C15H20N2S/c1-10-4-6-13(8-11(10)2)9-14(17-16)15-7-5-12(3)18-15/h4-8,14,17H,9,16H2,1-3H3. The molecule has 0 radical (unpaired) electrons. The van der Waals surface area contributed by atoms with E-state index in [0.717, 1.165) is 6.42 Å². The number of aryl methyl sites for hydroxylation is 3. The first-order valence-corrected chi connectivity index (χ1v) is 7.00. The Balaban J connectivity index is 2.17. The van der Waals surface area contributed by atoms with Crippen molar-refractivity contribution in [2.75, 3.05) is 0 Å². The van der Waals surface area contributed by atoms with Crippen molar-refractivity contribution in [3.8, 4) is 0 Å². The summed E-state index contributed by atoms with van der Waals surface area (Å²) in [5, 5.41) is 0. The zero-order valence-electron chi connectivity index (χ0n) is 11.2. The van der Waals surface area contributed by atoms with E-state index in [1.807, 2.05) is 0 Å². The van der Waals surface area contributed by atoms with Crippen LogP contribution in [0.25, 0.3) is 0 Å². The first-order chi connectivity index (χ1) is 8.60. The summed E-state index contributed by atoms with van der Waals surface area (Å²) in [6.07, 6.45) is 0.928. The minimum atomic E-state index is 0.200. The summed E-state index contributed by atoms with van der Waals surface area (Å²) in [4.78, 5) is 2.62. The fraction of sp³-hybridized carbons (Fsp3) is 0.333. The van der Waals surface area contributed by atoms with Gasteiger partial charge in [-0.2, -0.15) is 0 Å². The normalized spacial score (nSPS) is 12.7. The van der Waals surface area contributed by atoms with Crippen LogP contribution in [0.4, 0.5) is 0 Å². The van der Waals surface area contributed by atoms with Gasteiger partial charge in [0.2, 0.25) is 0 Å². The molecule has 0 amide bonds. The maximum absolute atomic E-state index is 5.69. The number of hydrogen-bond donors (Lipinski definition) is 2. The number of hydrazine groups is 1. The maximum atomic E-state index is 5.69. The Morgan fingerprint density at radius 1 is 1.11 bits per heavy atom. The second-order valence-electron chi connectivity index (χ2n) is 4.79. The van der Waals surface area contributed by atoms with Gasteiger partial charge in [-0.3, -0.25) is 11.3 Å². The highest BCUT2D eigenvalue weighted by Crippen LogP contribution is 2.25. The average molecular weight is 260 g/mol. The lowest BCUT2D eigenvalue weighted by Gasteiger charge is -2.15. The molecular formula is C15H20N2S.